The molecule has 0 amide bonds. The van der Waals surface area contributed by atoms with Gasteiger partial charge in [-0.1, -0.05) is 11.8 Å². The highest BCUT2D eigenvalue weighted by molar-refractivity contribution is 7.99. The zero-order chi connectivity index (χ0) is 16.3. The van der Waals surface area contributed by atoms with Crippen molar-refractivity contribution in [3.63, 3.8) is 0 Å². The Morgan fingerprint density at radius 3 is 2.73 bits per heavy atom. The number of primary sulfonamides is 1. The lowest BCUT2D eigenvalue weighted by atomic mass is 10.3. The molecule has 1 heterocycles. The number of nitrogens with zero attached hydrogens (tertiary/aromatic N) is 2. The Morgan fingerprint density at radius 1 is 1.41 bits per heavy atom. The third-order valence-electron chi connectivity index (χ3n) is 3.23. The zero-order valence-corrected chi connectivity index (χ0v) is 14.2. The fourth-order valence-electron chi connectivity index (χ4n) is 2.16. The highest BCUT2D eigenvalue weighted by Crippen LogP contribution is 2.26. The van der Waals surface area contributed by atoms with Crippen molar-refractivity contribution >= 4 is 38.6 Å². The van der Waals surface area contributed by atoms with Gasteiger partial charge >= 0.3 is 0 Å². The van der Waals surface area contributed by atoms with E-state index in [0.717, 1.165) is 29.4 Å². The summed E-state index contributed by atoms with van der Waals surface area (Å²) in [5.41, 5.74) is 1.49. The second kappa shape index (κ2) is 6.80. The third-order valence-corrected chi connectivity index (χ3v) is 5.21. The first kappa shape index (κ1) is 17.0. The van der Waals surface area contributed by atoms with Gasteiger partial charge in [-0.2, -0.15) is 0 Å². The smallest absolute Gasteiger partial charge is 0.238 e. The molecular formula is C14H19N3O3S2. The van der Waals surface area contributed by atoms with Crippen LogP contribution in [0, 0.1) is 0 Å². The Kier molecular flexibility index (Phi) is 5.25. The summed E-state index contributed by atoms with van der Waals surface area (Å²) < 4.78 is 24.9. The fourth-order valence-corrected chi connectivity index (χ4v) is 3.72. The van der Waals surface area contributed by atoms with Crippen molar-refractivity contribution < 1.29 is 13.2 Å². The molecule has 0 saturated carbocycles. The third kappa shape index (κ3) is 3.88. The number of aromatic nitrogens is 2. The van der Waals surface area contributed by atoms with Gasteiger partial charge in [0.1, 0.15) is 5.78 Å². The minimum absolute atomic E-state index is 0.0638. The van der Waals surface area contributed by atoms with Gasteiger partial charge < -0.3 is 9.36 Å². The van der Waals surface area contributed by atoms with Crippen LogP contribution >= 0.6 is 11.8 Å². The number of hydrogen-bond acceptors (Lipinski definition) is 5. The number of benzene rings is 1. The van der Waals surface area contributed by atoms with Crippen LogP contribution in [0.3, 0.4) is 0 Å². The maximum Gasteiger partial charge on any atom is 0.238 e. The molecule has 0 aliphatic heterocycles. The number of fused-ring (bicyclic) bond motifs is 1. The molecule has 0 fully saturated rings. The number of aryl methyl sites for hydroxylation is 1. The van der Waals surface area contributed by atoms with E-state index in [-0.39, 0.29) is 10.7 Å². The van der Waals surface area contributed by atoms with Crippen LogP contribution in [0.15, 0.2) is 28.3 Å². The standard InChI is InChI=1S/C14H19N3O3S2/c1-3-17-13-7-6-11(22(15,19)20)9-12(13)16-14(17)21-8-4-5-10(2)18/h6-7,9H,3-5,8H2,1-2H3,(H2,15,19,20). The number of nitrogens with two attached hydrogens (primary N) is 1. The van der Waals surface area contributed by atoms with Crippen LogP contribution in [-0.2, 0) is 21.4 Å². The lowest BCUT2D eigenvalue weighted by Gasteiger charge is -2.05. The molecule has 120 valence electrons. The lowest BCUT2D eigenvalue weighted by molar-refractivity contribution is -0.117. The van der Waals surface area contributed by atoms with Gasteiger partial charge in [0, 0.05) is 18.7 Å². The summed E-state index contributed by atoms with van der Waals surface area (Å²) in [6, 6.07) is 4.72. The predicted molar refractivity (Wildman–Crippen MR) is 87.4 cm³/mol. The van der Waals surface area contributed by atoms with Crippen LogP contribution < -0.4 is 5.14 Å². The van der Waals surface area contributed by atoms with Crippen molar-refractivity contribution in [3.05, 3.63) is 18.2 Å². The summed E-state index contributed by atoms with van der Waals surface area (Å²) in [4.78, 5) is 15.5. The second-order valence-electron chi connectivity index (χ2n) is 4.99. The van der Waals surface area contributed by atoms with Crippen molar-refractivity contribution in [1.29, 1.82) is 0 Å². The van der Waals surface area contributed by atoms with Gasteiger partial charge in [-0.05, 0) is 38.5 Å². The van der Waals surface area contributed by atoms with Crippen LogP contribution in [0.25, 0.3) is 11.0 Å². The number of rotatable bonds is 7. The molecule has 1 aromatic carbocycles. The van der Waals surface area contributed by atoms with Crippen molar-refractivity contribution in [1.82, 2.24) is 9.55 Å². The minimum Gasteiger partial charge on any atom is -0.319 e. The van der Waals surface area contributed by atoms with E-state index in [1.165, 1.54) is 12.1 Å². The van der Waals surface area contributed by atoms with Crippen molar-refractivity contribution in [3.8, 4) is 0 Å². The number of hydrogen-bond donors (Lipinski definition) is 1. The van der Waals surface area contributed by atoms with E-state index in [4.69, 9.17) is 5.14 Å². The van der Waals surface area contributed by atoms with Crippen LogP contribution in [0.5, 0.6) is 0 Å². The largest absolute Gasteiger partial charge is 0.319 e. The Hall–Kier alpha value is -1.38. The van der Waals surface area contributed by atoms with E-state index in [0.29, 0.717) is 11.9 Å². The van der Waals surface area contributed by atoms with Gasteiger partial charge in [0.15, 0.2) is 5.16 Å². The van der Waals surface area contributed by atoms with Crippen molar-refractivity contribution in [2.24, 2.45) is 5.14 Å². The lowest BCUT2D eigenvalue weighted by Crippen LogP contribution is -2.11. The topological polar surface area (TPSA) is 95.0 Å². The van der Waals surface area contributed by atoms with Gasteiger partial charge in [0.25, 0.3) is 0 Å². The highest BCUT2D eigenvalue weighted by atomic mass is 32.2. The van der Waals surface area contributed by atoms with Crippen molar-refractivity contribution in [2.45, 2.75) is 43.3 Å². The first-order chi connectivity index (χ1) is 10.3. The second-order valence-corrected chi connectivity index (χ2v) is 7.61. The van der Waals surface area contributed by atoms with E-state index in [1.807, 2.05) is 11.5 Å². The Labute approximate surface area is 134 Å². The minimum atomic E-state index is -3.73. The van der Waals surface area contributed by atoms with Crippen LogP contribution in [0.2, 0.25) is 0 Å². The summed E-state index contributed by atoms with van der Waals surface area (Å²) in [5.74, 6) is 0.979. The molecule has 0 bridgehead atoms. The zero-order valence-electron chi connectivity index (χ0n) is 12.6. The molecule has 0 radical (unpaired) electrons. The summed E-state index contributed by atoms with van der Waals surface area (Å²) in [5, 5.41) is 5.98. The van der Waals surface area contributed by atoms with Gasteiger partial charge in [-0.15, -0.1) is 0 Å². The van der Waals surface area contributed by atoms with E-state index < -0.39 is 10.0 Å². The number of ketones is 1. The molecular weight excluding hydrogens is 322 g/mol. The average molecular weight is 341 g/mol. The van der Waals surface area contributed by atoms with Gasteiger partial charge in [-0.25, -0.2) is 18.5 Å². The van der Waals surface area contributed by atoms with Crippen LogP contribution in [-0.4, -0.2) is 29.5 Å². The molecule has 0 spiro atoms. The van der Waals surface area contributed by atoms with Crippen LogP contribution in [0.1, 0.15) is 26.7 Å². The number of carbonyl (C=O) groups is 1. The molecule has 2 rings (SSSR count). The summed E-state index contributed by atoms with van der Waals surface area (Å²) in [6.07, 6.45) is 1.37. The normalized spacial score (nSPS) is 12.0. The quantitative estimate of drug-likeness (QED) is 0.615. The molecule has 0 atom stereocenters. The SMILES string of the molecule is CCn1c(SCCCC(C)=O)nc2cc(S(N)(=O)=O)ccc21. The number of sulfonamides is 1. The molecule has 2 aromatic rings. The Bertz CT molecular complexity index is 797. The summed E-state index contributed by atoms with van der Waals surface area (Å²) in [7, 11) is -3.73. The number of carbonyl (C=O) groups excluding carboxylic acids is 1. The molecule has 0 unspecified atom stereocenters. The molecule has 0 aliphatic carbocycles. The molecule has 0 aliphatic rings. The van der Waals surface area contributed by atoms with E-state index in [1.54, 1.807) is 24.8 Å². The molecule has 0 saturated heterocycles. The monoisotopic (exact) mass is 341 g/mol. The number of thioether (sulfide) groups is 1. The Morgan fingerprint density at radius 2 is 2.14 bits per heavy atom. The van der Waals surface area contributed by atoms with Gasteiger partial charge in [0.05, 0.1) is 15.9 Å². The first-order valence-electron chi connectivity index (χ1n) is 6.98. The molecule has 2 N–H and O–H groups in total. The highest BCUT2D eigenvalue weighted by Gasteiger charge is 2.14. The number of imidazole rings is 1. The van der Waals surface area contributed by atoms with E-state index >= 15 is 0 Å². The Balaban J connectivity index is 2.28. The van der Waals surface area contributed by atoms with E-state index in [9.17, 15) is 13.2 Å². The number of Topliss-reactive ketones (excluding diaryl/α,β-unsaturated/α-hetero) is 1. The van der Waals surface area contributed by atoms with Gasteiger partial charge in [-0.3, -0.25) is 0 Å². The maximum atomic E-state index is 11.4. The van der Waals surface area contributed by atoms with Crippen LogP contribution in [0.4, 0.5) is 0 Å². The summed E-state index contributed by atoms with van der Waals surface area (Å²) >= 11 is 1.57. The maximum absolute atomic E-state index is 11.4. The summed E-state index contributed by atoms with van der Waals surface area (Å²) in [6.45, 7) is 4.33. The molecule has 1 aromatic heterocycles. The van der Waals surface area contributed by atoms with E-state index in [2.05, 4.69) is 4.98 Å². The van der Waals surface area contributed by atoms with Gasteiger partial charge in [0.2, 0.25) is 10.0 Å². The average Bonchev–Trinajstić information content (AvgIpc) is 2.78. The van der Waals surface area contributed by atoms with Crippen molar-refractivity contribution in [2.75, 3.05) is 5.75 Å². The predicted octanol–water partition coefficient (Wildman–Crippen LogP) is 2.16. The fraction of sp³-hybridized carbons (Fsp3) is 0.429. The molecule has 6 nitrogen and oxygen atoms in total. The first-order valence-corrected chi connectivity index (χ1v) is 9.51. The molecule has 22 heavy (non-hydrogen) atoms. The molecule has 8 heteroatoms.